The molecule has 2 fully saturated rings. The standard InChI is InChI=1S/C52H73N11O8/c1-30(54-9)43(64)60-41(51(3,4)5)49(70)62-28-37(24-39(62)47(68)56-26-32-17-13-11-14-18-32)58-45(66)34-21-35(23-36(53)22-34)46(67)59-38-25-40(48(69)57-27-33-19-15-12-16-20-33)63(29-38)50(71)42(52(6,7)8)61-44(65)31(2)55-10/h11-23,30-31,37-42,54-55H,24-29,53H2,1-10H3,(H,56,68)(H,57,69)(H,58,66)(H,59,67)(H,60,64)(H,61,65)/t30-,31-,37-,38-,39-,40-,41+,42+/m0/s1. The van der Waals surface area contributed by atoms with Crippen LogP contribution in [0.15, 0.2) is 78.9 Å². The Morgan fingerprint density at radius 2 is 0.930 bits per heavy atom. The van der Waals surface area contributed by atoms with Crippen LogP contribution in [-0.4, -0.2) is 133 Å². The van der Waals surface area contributed by atoms with Crippen molar-refractivity contribution in [3.05, 3.63) is 101 Å². The third kappa shape index (κ3) is 14.6. The maximum Gasteiger partial charge on any atom is 0.251 e. The molecule has 2 saturated heterocycles. The largest absolute Gasteiger partial charge is 0.399 e. The molecule has 0 aromatic heterocycles. The highest BCUT2D eigenvalue weighted by atomic mass is 16.2. The number of amides is 8. The highest BCUT2D eigenvalue weighted by Crippen LogP contribution is 2.29. The van der Waals surface area contributed by atoms with E-state index < -0.39 is 106 Å². The van der Waals surface area contributed by atoms with Gasteiger partial charge < -0.3 is 58.1 Å². The Balaban J connectivity index is 1.35. The lowest BCUT2D eigenvalue weighted by Gasteiger charge is -2.36. The molecule has 2 heterocycles. The van der Waals surface area contributed by atoms with Gasteiger partial charge in [-0.1, -0.05) is 102 Å². The SMILES string of the molecule is CN[C@@H](C)C(=O)N[C@H](C(=O)N1C[C@@H](NC(=O)c2cc(N)cc(C(=O)N[C@H]3C[C@@H](C(=O)NCc4ccccc4)N(C(=O)[C@@H](NC(=O)[C@H](C)NC)C(C)(C)C)C3)c2)C[C@H]1C(=O)NCc1ccccc1)C(C)(C)C. The van der Waals surface area contributed by atoms with Crippen LogP contribution in [0.4, 0.5) is 5.69 Å². The highest BCUT2D eigenvalue weighted by Gasteiger charge is 2.47. The summed E-state index contributed by atoms with van der Waals surface area (Å²) in [7, 11) is 3.26. The van der Waals surface area contributed by atoms with Gasteiger partial charge in [-0.25, -0.2) is 0 Å². The zero-order chi connectivity index (χ0) is 52.4. The fourth-order valence-corrected chi connectivity index (χ4v) is 8.55. The number of anilines is 1. The van der Waals surface area contributed by atoms with E-state index in [0.29, 0.717) is 0 Å². The molecule has 19 nitrogen and oxygen atoms in total. The summed E-state index contributed by atoms with van der Waals surface area (Å²) in [5.41, 5.74) is 6.65. The molecule has 0 spiro atoms. The summed E-state index contributed by atoms with van der Waals surface area (Å²) in [4.78, 5) is 114. The Hall–Kier alpha value is -6.86. The van der Waals surface area contributed by atoms with Gasteiger partial charge >= 0.3 is 0 Å². The summed E-state index contributed by atoms with van der Waals surface area (Å²) in [6.07, 6.45) is 0.105. The van der Waals surface area contributed by atoms with Crippen molar-refractivity contribution in [2.75, 3.05) is 32.9 Å². The third-order valence-corrected chi connectivity index (χ3v) is 13.0. The summed E-state index contributed by atoms with van der Waals surface area (Å²) >= 11 is 0. The molecule has 2 aliphatic rings. The van der Waals surface area contributed by atoms with Crippen LogP contribution in [0.2, 0.25) is 0 Å². The predicted octanol–water partition coefficient (Wildman–Crippen LogP) is 1.58. The van der Waals surface area contributed by atoms with Crippen molar-refractivity contribution >= 4 is 52.9 Å². The molecule has 19 heteroatoms. The van der Waals surface area contributed by atoms with Gasteiger partial charge in [0.1, 0.15) is 24.2 Å². The fraction of sp³-hybridized carbons (Fsp3) is 0.500. The van der Waals surface area contributed by atoms with Crippen molar-refractivity contribution in [3.8, 4) is 0 Å². The summed E-state index contributed by atoms with van der Waals surface area (Å²) in [5, 5.41) is 23.2. The second-order valence-electron chi connectivity index (χ2n) is 20.7. The van der Waals surface area contributed by atoms with Crippen LogP contribution < -0.4 is 48.3 Å². The van der Waals surface area contributed by atoms with E-state index in [1.165, 1.54) is 28.0 Å². The fourth-order valence-electron chi connectivity index (χ4n) is 8.55. The Morgan fingerprint density at radius 3 is 1.25 bits per heavy atom. The van der Waals surface area contributed by atoms with Crippen molar-refractivity contribution < 1.29 is 38.4 Å². The topological polar surface area (TPSA) is 265 Å². The first kappa shape index (κ1) is 55.1. The average molecular weight is 980 g/mol. The summed E-state index contributed by atoms with van der Waals surface area (Å²) < 4.78 is 0. The molecule has 0 aliphatic carbocycles. The molecule has 10 N–H and O–H groups in total. The van der Waals surface area contributed by atoms with Gasteiger partial charge in [-0.2, -0.15) is 0 Å². The lowest BCUT2D eigenvalue weighted by Crippen LogP contribution is -2.59. The number of hydrogen-bond donors (Lipinski definition) is 9. The second-order valence-corrected chi connectivity index (χ2v) is 20.7. The zero-order valence-corrected chi connectivity index (χ0v) is 42.6. The lowest BCUT2D eigenvalue weighted by molar-refractivity contribution is -0.144. The number of likely N-dealkylation sites (N-methyl/N-ethyl adjacent to an activating group) is 2. The van der Waals surface area contributed by atoms with Gasteiger partial charge in [-0.05, 0) is 80.9 Å². The first-order valence-electron chi connectivity index (χ1n) is 24.1. The lowest BCUT2D eigenvalue weighted by atomic mass is 9.85. The quantitative estimate of drug-likeness (QED) is 0.0827. The van der Waals surface area contributed by atoms with E-state index in [0.717, 1.165) is 11.1 Å². The van der Waals surface area contributed by atoms with Crippen molar-refractivity contribution in [2.24, 2.45) is 10.8 Å². The maximum atomic E-state index is 14.5. The molecule has 2 aliphatic heterocycles. The van der Waals surface area contributed by atoms with E-state index in [1.54, 1.807) is 27.9 Å². The molecule has 3 aromatic carbocycles. The van der Waals surface area contributed by atoms with Crippen molar-refractivity contribution in [1.29, 1.82) is 0 Å². The zero-order valence-electron chi connectivity index (χ0n) is 42.6. The third-order valence-electron chi connectivity index (χ3n) is 13.0. The highest BCUT2D eigenvalue weighted by molar-refractivity contribution is 6.02. The molecule has 0 bridgehead atoms. The van der Waals surface area contributed by atoms with Crippen LogP contribution in [-0.2, 0) is 41.9 Å². The van der Waals surface area contributed by atoms with Crippen LogP contribution >= 0.6 is 0 Å². The van der Waals surface area contributed by atoms with E-state index in [9.17, 15) is 38.4 Å². The van der Waals surface area contributed by atoms with Gasteiger partial charge in [0, 0.05) is 55.1 Å². The maximum absolute atomic E-state index is 14.5. The molecule has 0 saturated carbocycles. The number of nitrogens with one attached hydrogen (secondary N) is 8. The first-order valence-corrected chi connectivity index (χ1v) is 24.1. The number of nitrogen functional groups attached to an aromatic ring is 1. The van der Waals surface area contributed by atoms with E-state index in [1.807, 2.05) is 102 Å². The van der Waals surface area contributed by atoms with Crippen molar-refractivity contribution in [1.82, 2.24) is 52.3 Å². The molecule has 384 valence electrons. The van der Waals surface area contributed by atoms with E-state index in [4.69, 9.17) is 5.73 Å². The molecule has 0 radical (unpaired) electrons. The van der Waals surface area contributed by atoms with Crippen molar-refractivity contribution in [2.45, 2.75) is 130 Å². The number of nitrogens with two attached hydrogens (primary N) is 1. The second kappa shape index (κ2) is 23.8. The average Bonchev–Trinajstić information content (AvgIpc) is 3.96. The van der Waals surface area contributed by atoms with Crippen LogP contribution in [0.5, 0.6) is 0 Å². The van der Waals surface area contributed by atoms with Gasteiger partial charge in [-0.15, -0.1) is 0 Å². The molecule has 8 atom stereocenters. The van der Waals surface area contributed by atoms with Gasteiger partial charge in [0.05, 0.1) is 12.1 Å². The molecular weight excluding hydrogens is 907 g/mol. The summed E-state index contributed by atoms with van der Waals surface area (Å²) in [6, 6.07) is 16.1. The number of likely N-dealkylation sites (tertiary alicyclic amines) is 2. The van der Waals surface area contributed by atoms with Crippen LogP contribution in [0.25, 0.3) is 0 Å². The molecule has 71 heavy (non-hydrogen) atoms. The molecular formula is C52H73N11O8. The molecule has 8 amide bonds. The minimum Gasteiger partial charge on any atom is -0.399 e. The normalized spacial score (nSPS) is 19.6. The number of benzene rings is 3. The van der Waals surface area contributed by atoms with Crippen LogP contribution in [0, 0.1) is 10.8 Å². The van der Waals surface area contributed by atoms with E-state index in [2.05, 4.69) is 42.5 Å². The molecule has 5 rings (SSSR count). The van der Waals surface area contributed by atoms with Crippen molar-refractivity contribution in [3.63, 3.8) is 0 Å². The van der Waals surface area contributed by atoms with E-state index in [-0.39, 0.29) is 55.8 Å². The monoisotopic (exact) mass is 980 g/mol. The number of nitrogens with zero attached hydrogens (tertiary/aromatic N) is 2. The summed E-state index contributed by atoms with van der Waals surface area (Å²) in [5.74, 6) is -3.87. The molecule has 0 unspecified atom stereocenters. The van der Waals surface area contributed by atoms with Gasteiger partial charge in [0.25, 0.3) is 11.8 Å². The number of rotatable bonds is 18. The Morgan fingerprint density at radius 1 is 0.577 bits per heavy atom. The minimum atomic E-state index is -1.02. The molecule has 3 aromatic rings. The smallest absolute Gasteiger partial charge is 0.251 e. The van der Waals surface area contributed by atoms with Crippen LogP contribution in [0.3, 0.4) is 0 Å². The van der Waals surface area contributed by atoms with Gasteiger partial charge in [0.15, 0.2) is 0 Å². The minimum absolute atomic E-state index is 0.0341. The van der Waals surface area contributed by atoms with E-state index >= 15 is 0 Å². The Kier molecular flexibility index (Phi) is 18.5. The van der Waals surface area contributed by atoms with Gasteiger partial charge in [0.2, 0.25) is 35.4 Å². The number of hydrogen-bond acceptors (Lipinski definition) is 11. The predicted molar refractivity (Wildman–Crippen MR) is 270 cm³/mol. The van der Waals surface area contributed by atoms with Crippen LogP contribution in [0.1, 0.15) is 100 Å². The van der Waals surface area contributed by atoms with Gasteiger partial charge in [-0.3, -0.25) is 38.4 Å². The number of carbonyl (C=O) groups is 8. The Labute approximate surface area is 416 Å². The Bertz CT molecular complexity index is 2240. The summed E-state index contributed by atoms with van der Waals surface area (Å²) in [6.45, 7) is 14.5. The number of carbonyl (C=O) groups excluding carboxylic acids is 8. The first-order chi connectivity index (χ1) is 33.4.